The zero-order chi connectivity index (χ0) is 33.6. The van der Waals surface area contributed by atoms with E-state index in [0.717, 1.165) is 36.0 Å². The molecule has 2 aliphatic heterocycles. The summed E-state index contributed by atoms with van der Waals surface area (Å²) in [5, 5.41) is 12.8. The fourth-order valence-electron chi connectivity index (χ4n) is 6.24. The van der Waals surface area contributed by atoms with Gasteiger partial charge in [-0.15, -0.1) is 0 Å². The number of pyridine rings is 1. The Labute approximate surface area is 279 Å². The maximum atomic E-state index is 14.3. The summed E-state index contributed by atoms with van der Waals surface area (Å²) in [6.07, 6.45) is 8.94. The molecular formula is C37H41F2N7O2. The third-order valence-corrected chi connectivity index (χ3v) is 8.81. The van der Waals surface area contributed by atoms with Crippen molar-refractivity contribution in [2.45, 2.75) is 70.1 Å². The van der Waals surface area contributed by atoms with Gasteiger partial charge in [-0.25, -0.2) is 13.8 Å². The van der Waals surface area contributed by atoms with Gasteiger partial charge < -0.3 is 26.2 Å². The van der Waals surface area contributed by atoms with E-state index in [1.807, 2.05) is 24.3 Å². The Balaban J connectivity index is 1.03. The second kappa shape index (κ2) is 14.9. The zero-order valence-corrected chi connectivity index (χ0v) is 27.2. The predicted molar refractivity (Wildman–Crippen MR) is 184 cm³/mol. The number of fused-ring (bicyclic) bond motifs is 1. The second-order valence-corrected chi connectivity index (χ2v) is 12.8. The zero-order valence-electron chi connectivity index (χ0n) is 27.2. The van der Waals surface area contributed by atoms with Crippen molar-refractivity contribution >= 4 is 29.2 Å². The Kier molecular flexibility index (Phi) is 10.2. The molecule has 0 bridgehead atoms. The van der Waals surface area contributed by atoms with Crippen molar-refractivity contribution in [1.29, 1.82) is 0 Å². The van der Waals surface area contributed by atoms with Gasteiger partial charge in [-0.2, -0.15) is 0 Å². The van der Waals surface area contributed by atoms with Crippen LogP contribution < -0.4 is 21.3 Å². The van der Waals surface area contributed by atoms with Gasteiger partial charge in [0.1, 0.15) is 29.3 Å². The highest BCUT2D eigenvalue weighted by molar-refractivity contribution is 6.00. The number of nitrogens with one attached hydrogen (secondary N) is 4. The Bertz CT molecular complexity index is 1730. The predicted octanol–water partition coefficient (Wildman–Crippen LogP) is 5.79. The molecule has 3 heterocycles. The van der Waals surface area contributed by atoms with Crippen LogP contribution in [0, 0.1) is 5.82 Å². The summed E-state index contributed by atoms with van der Waals surface area (Å²) in [5.41, 5.74) is 4.17. The van der Waals surface area contributed by atoms with Crippen molar-refractivity contribution in [2.24, 2.45) is 4.99 Å². The summed E-state index contributed by atoms with van der Waals surface area (Å²) in [6, 6.07) is 17.1. The number of aromatic nitrogens is 1. The number of benzene rings is 2. The molecule has 1 unspecified atom stereocenters. The number of allylic oxidation sites excluding steroid dienone is 2. The summed E-state index contributed by atoms with van der Waals surface area (Å²) in [6.45, 7) is 5.50. The van der Waals surface area contributed by atoms with Gasteiger partial charge in [0.2, 0.25) is 5.91 Å². The number of halogens is 2. The molecule has 1 aromatic heterocycles. The lowest BCUT2D eigenvalue weighted by molar-refractivity contribution is -0.123. The standard InChI is InChI=1S/C37H41F2N7O2/c1-23(2)40-17-16-24-6-8-25(9-7-24)26-4-3-5-31(18-26)42-35-32(19-28(39)20-41-35)36(47)43-29-11-13-30(14-12-29)44-37(48)33-22-46-21-27(38)10-15-34(46)45-33/h3-10,15,18-21,23,29-30,33,40H,11-14,16-17,22H2,1-2H3,(H,41,42)(H,43,47)(H,44,48)/t29-,30+,33?. The van der Waals surface area contributed by atoms with Crippen molar-refractivity contribution in [1.82, 2.24) is 25.8 Å². The fourth-order valence-corrected chi connectivity index (χ4v) is 6.24. The summed E-state index contributed by atoms with van der Waals surface area (Å²) in [4.78, 5) is 36.5. The summed E-state index contributed by atoms with van der Waals surface area (Å²) in [7, 11) is 0. The normalized spacial score (nSPS) is 20.2. The van der Waals surface area contributed by atoms with Crippen LogP contribution in [0.3, 0.4) is 0 Å². The van der Waals surface area contributed by atoms with Crippen molar-refractivity contribution in [3.8, 4) is 11.1 Å². The number of carbonyl (C=O) groups excluding carboxylic acids is 2. The highest BCUT2D eigenvalue weighted by Crippen LogP contribution is 2.27. The van der Waals surface area contributed by atoms with Gasteiger partial charge in [0.15, 0.2) is 0 Å². The maximum Gasteiger partial charge on any atom is 0.255 e. The Hall–Kier alpha value is -4.90. The quantitative estimate of drug-likeness (QED) is 0.209. The number of nitrogens with zero attached hydrogens (tertiary/aromatic N) is 3. The molecule has 1 atom stereocenters. The maximum absolute atomic E-state index is 14.3. The van der Waals surface area contributed by atoms with E-state index in [9.17, 15) is 18.4 Å². The highest BCUT2D eigenvalue weighted by Gasteiger charge is 2.32. The molecule has 9 nitrogen and oxygen atoms in total. The number of rotatable bonds is 11. The number of anilines is 2. The molecule has 1 aliphatic carbocycles. The SMILES string of the molecule is CC(C)NCCc1ccc(-c2cccc(Nc3ncc(F)cc3C(=O)N[C@H]3CC[C@@H](NC(=O)C4CN5C=C(F)C=CC5=N4)CC3)c2)cc1. The van der Waals surface area contributed by atoms with E-state index in [4.69, 9.17) is 0 Å². The van der Waals surface area contributed by atoms with E-state index < -0.39 is 17.8 Å². The summed E-state index contributed by atoms with van der Waals surface area (Å²) >= 11 is 0. The molecule has 2 aromatic carbocycles. The van der Waals surface area contributed by atoms with Gasteiger partial charge in [-0.3, -0.25) is 14.6 Å². The molecule has 3 aliphatic rings. The molecule has 48 heavy (non-hydrogen) atoms. The van der Waals surface area contributed by atoms with Gasteiger partial charge >= 0.3 is 0 Å². The smallest absolute Gasteiger partial charge is 0.255 e. The summed E-state index contributed by atoms with van der Waals surface area (Å²) < 4.78 is 27.9. The van der Waals surface area contributed by atoms with E-state index in [-0.39, 0.29) is 35.2 Å². The van der Waals surface area contributed by atoms with Gasteiger partial charge in [-0.05, 0) is 85.7 Å². The molecule has 11 heteroatoms. The van der Waals surface area contributed by atoms with Crippen LogP contribution >= 0.6 is 0 Å². The van der Waals surface area contributed by atoms with E-state index >= 15 is 0 Å². The van der Waals surface area contributed by atoms with Gasteiger partial charge in [0.25, 0.3) is 5.91 Å². The fraction of sp³-hybridized carbons (Fsp3) is 0.351. The average molecular weight is 654 g/mol. The van der Waals surface area contributed by atoms with E-state index in [1.165, 1.54) is 23.9 Å². The molecule has 0 radical (unpaired) electrons. The first-order chi connectivity index (χ1) is 23.2. The molecule has 1 fully saturated rings. The third-order valence-electron chi connectivity index (χ3n) is 8.81. The van der Waals surface area contributed by atoms with Crippen LogP contribution in [0.25, 0.3) is 11.1 Å². The minimum Gasteiger partial charge on any atom is -0.351 e. The Morgan fingerprint density at radius 1 is 0.938 bits per heavy atom. The lowest BCUT2D eigenvalue weighted by Crippen LogP contribution is -2.46. The highest BCUT2D eigenvalue weighted by atomic mass is 19.1. The molecule has 2 amide bonds. The topological polar surface area (TPSA) is 111 Å². The van der Waals surface area contributed by atoms with Crippen molar-refractivity contribution in [3.63, 3.8) is 0 Å². The van der Waals surface area contributed by atoms with Crippen LogP contribution in [-0.2, 0) is 11.2 Å². The minimum absolute atomic E-state index is 0.0512. The monoisotopic (exact) mass is 653 g/mol. The van der Waals surface area contributed by atoms with Crippen LogP contribution in [0.15, 0.2) is 90.0 Å². The first kappa shape index (κ1) is 33.0. The second-order valence-electron chi connectivity index (χ2n) is 12.8. The van der Waals surface area contributed by atoms with E-state index in [2.05, 4.69) is 69.4 Å². The first-order valence-electron chi connectivity index (χ1n) is 16.6. The van der Waals surface area contributed by atoms with Crippen LogP contribution in [-0.4, -0.2) is 64.8 Å². The number of amidine groups is 1. The van der Waals surface area contributed by atoms with Crippen LogP contribution in [0.5, 0.6) is 0 Å². The Morgan fingerprint density at radius 3 is 2.44 bits per heavy atom. The lowest BCUT2D eigenvalue weighted by atomic mass is 9.90. The molecule has 250 valence electrons. The molecule has 3 aromatic rings. The average Bonchev–Trinajstić information content (AvgIpc) is 3.50. The Morgan fingerprint density at radius 2 is 1.69 bits per heavy atom. The molecule has 6 rings (SSSR count). The molecule has 0 spiro atoms. The van der Waals surface area contributed by atoms with Crippen LogP contribution in [0.2, 0.25) is 0 Å². The van der Waals surface area contributed by atoms with Crippen molar-refractivity contribution < 1.29 is 18.4 Å². The summed E-state index contributed by atoms with van der Waals surface area (Å²) in [5.74, 6) is -0.739. The van der Waals surface area contributed by atoms with Crippen LogP contribution in [0.4, 0.5) is 20.3 Å². The van der Waals surface area contributed by atoms with E-state index in [0.29, 0.717) is 44.1 Å². The number of carbonyl (C=O) groups is 2. The van der Waals surface area contributed by atoms with Crippen LogP contribution in [0.1, 0.15) is 55.5 Å². The van der Waals surface area contributed by atoms with Gasteiger partial charge in [0, 0.05) is 30.0 Å². The molecular weight excluding hydrogens is 612 g/mol. The van der Waals surface area contributed by atoms with Gasteiger partial charge in [-0.1, -0.05) is 50.2 Å². The van der Waals surface area contributed by atoms with Crippen molar-refractivity contribution in [3.05, 3.63) is 102 Å². The number of hydrogen-bond donors (Lipinski definition) is 4. The third kappa shape index (κ3) is 8.32. The lowest BCUT2D eigenvalue weighted by Gasteiger charge is -2.30. The van der Waals surface area contributed by atoms with Crippen molar-refractivity contribution in [2.75, 3.05) is 18.4 Å². The first-order valence-corrected chi connectivity index (χ1v) is 16.6. The van der Waals surface area contributed by atoms with Gasteiger partial charge in [0.05, 0.1) is 18.3 Å². The minimum atomic E-state index is -0.602. The number of amides is 2. The molecule has 4 N–H and O–H groups in total. The molecule has 0 saturated heterocycles. The van der Waals surface area contributed by atoms with E-state index in [1.54, 1.807) is 11.0 Å². The molecule has 1 saturated carbocycles. The number of aliphatic imine (C=N–C) groups is 1. The largest absolute Gasteiger partial charge is 0.351 e. The number of hydrogen-bond acceptors (Lipinski definition) is 7.